The SMILES string of the molecule is CCCS(CCC)(OCC)OCC. The van der Waals surface area contributed by atoms with Crippen LogP contribution in [-0.4, -0.2) is 24.7 Å². The van der Waals surface area contributed by atoms with E-state index in [1.807, 2.05) is 13.8 Å². The van der Waals surface area contributed by atoms with Gasteiger partial charge in [-0.05, 0) is 26.7 Å². The molecule has 0 spiro atoms. The highest BCUT2D eigenvalue weighted by molar-refractivity contribution is 8.25. The molecule has 0 fully saturated rings. The largest absolute Gasteiger partial charge is 0.285 e. The number of rotatable bonds is 8. The zero-order valence-corrected chi connectivity index (χ0v) is 10.3. The normalized spacial score (nSPS) is 13.2. The summed E-state index contributed by atoms with van der Waals surface area (Å²) in [4.78, 5) is 0. The molecule has 0 amide bonds. The van der Waals surface area contributed by atoms with Crippen LogP contribution in [0.4, 0.5) is 0 Å². The van der Waals surface area contributed by atoms with Crippen LogP contribution in [0, 0.1) is 0 Å². The lowest BCUT2D eigenvalue weighted by molar-refractivity contribution is 0.275. The van der Waals surface area contributed by atoms with Crippen LogP contribution in [0.15, 0.2) is 0 Å². The summed E-state index contributed by atoms with van der Waals surface area (Å²) in [6, 6.07) is 0. The third-order valence-electron chi connectivity index (χ3n) is 1.70. The van der Waals surface area contributed by atoms with Gasteiger partial charge in [-0.2, -0.15) is 10.6 Å². The minimum absolute atomic E-state index is 0.773. The first-order valence-corrected chi connectivity index (χ1v) is 7.14. The molecule has 0 aliphatic carbocycles. The molecule has 0 aromatic heterocycles. The summed E-state index contributed by atoms with van der Waals surface area (Å²) in [7, 11) is -1.20. The van der Waals surface area contributed by atoms with Crippen molar-refractivity contribution in [3.63, 3.8) is 0 Å². The molecule has 2 nitrogen and oxygen atoms in total. The van der Waals surface area contributed by atoms with E-state index in [4.69, 9.17) is 8.37 Å². The molecule has 0 bridgehead atoms. The van der Waals surface area contributed by atoms with Gasteiger partial charge in [0.2, 0.25) is 0 Å². The van der Waals surface area contributed by atoms with Crippen molar-refractivity contribution in [3.05, 3.63) is 0 Å². The molecule has 0 saturated heterocycles. The maximum Gasteiger partial charge on any atom is 0.0685 e. The fourth-order valence-electron chi connectivity index (χ4n) is 1.42. The van der Waals surface area contributed by atoms with Gasteiger partial charge in [-0.1, -0.05) is 13.8 Å². The third kappa shape index (κ3) is 4.89. The van der Waals surface area contributed by atoms with E-state index in [-0.39, 0.29) is 0 Å². The summed E-state index contributed by atoms with van der Waals surface area (Å²) < 4.78 is 11.6. The van der Waals surface area contributed by atoms with Gasteiger partial charge in [-0.3, -0.25) is 8.37 Å². The van der Waals surface area contributed by atoms with Gasteiger partial charge in [-0.15, -0.1) is 0 Å². The first-order valence-electron chi connectivity index (χ1n) is 5.32. The molecule has 0 aromatic carbocycles. The van der Waals surface area contributed by atoms with Crippen molar-refractivity contribution in [2.75, 3.05) is 24.7 Å². The molecule has 0 aliphatic heterocycles. The molecular formula is C10H24O2S. The summed E-state index contributed by atoms with van der Waals surface area (Å²) in [5.41, 5.74) is 0. The van der Waals surface area contributed by atoms with E-state index in [0.717, 1.165) is 37.6 Å². The quantitative estimate of drug-likeness (QED) is 0.607. The second kappa shape index (κ2) is 7.65. The van der Waals surface area contributed by atoms with E-state index in [1.54, 1.807) is 0 Å². The average Bonchev–Trinajstić information content (AvgIpc) is 2.06. The first-order chi connectivity index (χ1) is 6.24. The summed E-state index contributed by atoms with van der Waals surface area (Å²) in [6.45, 7) is 10.0. The van der Waals surface area contributed by atoms with Crippen molar-refractivity contribution in [3.8, 4) is 0 Å². The van der Waals surface area contributed by atoms with Gasteiger partial charge in [0.25, 0.3) is 0 Å². The predicted octanol–water partition coefficient (Wildman–Crippen LogP) is 3.51. The topological polar surface area (TPSA) is 18.5 Å². The fourth-order valence-corrected chi connectivity index (χ4v) is 4.27. The molecule has 0 saturated carbocycles. The van der Waals surface area contributed by atoms with Crippen LogP contribution < -0.4 is 0 Å². The van der Waals surface area contributed by atoms with Crippen LogP contribution in [0.1, 0.15) is 40.5 Å². The molecule has 0 radical (unpaired) electrons. The van der Waals surface area contributed by atoms with Crippen LogP contribution in [0.25, 0.3) is 0 Å². The van der Waals surface area contributed by atoms with E-state index in [0.29, 0.717) is 0 Å². The molecule has 0 rings (SSSR count). The number of hydrogen-bond acceptors (Lipinski definition) is 2. The van der Waals surface area contributed by atoms with E-state index in [2.05, 4.69) is 13.8 Å². The van der Waals surface area contributed by atoms with Gasteiger partial charge in [0, 0.05) is 11.5 Å². The lowest BCUT2D eigenvalue weighted by atomic mass is 10.6. The molecule has 0 heterocycles. The molecule has 13 heavy (non-hydrogen) atoms. The van der Waals surface area contributed by atoms with Gasteiger partial charge in [-0.25, -0.2) is 0 Å². The van der Waals surface area contributed by atoms with Crippen molar-refractivity contribution in [1.29, 1.82) is 0 Å². The Hall–Kier alpha value is 0.270. The van der Waals surface area contributed by atoms with Gasteiger partial charge in [0.15, 0.2) is 0 Å². The summed E-state index contributed by atoms with van der Waals surface area (Å²) in [5.74, 6) is 2.17. The van der Waals surface area contributed by atoms with Gasteiger partial charge >= 0.3 is 0 Å². The average molecular weight is 208 g/mol. The molecule has 82 valence electrons. The maximum absolute atomic E-state index is 5.81. The smallest absolute Gasteiger partial charge is 0.0685 e. The highest BCUT2D eigenvalue weighted by atomic mass is 32.3. The zero-order valence-electron chi connectivity index (χ0n) is 9.47. The highest BCUT2D eigenvalue weighted by Crippen LogP contribution is 2.51. The Bertz CT molecular complexity index is 88.0. The van der Waals surface area contributed by atoms with Crippen molar-refractivity contribution in [1.82, 2.24) is 0 Å². The Morgan fingerprint density at radius 3 is 1.38 bits per heavy atom. The van der Waals surface area contributed by atoms with Crippen LogP contribution >= 0.6 is 10.6 Å². The van der Waals surface area contributed by atoms with Gasteiger partial charge < -0.3 is 0 Å². The standard InChI is InChI=1S/C10H24O2S/c1-5-9-13(10-6-2,11-7-3)12-8-4/h5-10H2,1-4H3. The molecule has 0 N–H and O–H groups in total. The lowest BCUT2D eigenvalue weighted by Gasteiger charge is -2.42. The molecule has 0 aliphatic rings. The van der Waals surface area contributed by atoms with E-state index in [1.165, 1.54) is 0 Å². The van der Waals surface area contributed by atoms with Crippen LogP contribution in [0.5, 0.6) is 0 Å². The number of hydrogen-bond donors (Lipinski definition) is 0. The Balaban J connectivity index is 4.19. The van der Waals surface area contributed by atoms with E-state index < -0.39 is 10.6 Å². The second-order valence-electron chi connectivity index (χ2n) is 2.96. The minimum Gasteiger partial charge on any atom is -0.285 e. The van der Waals surface area contributed by atoms with Crippen molar-refractivity contribution >= 4 is 10.6 Å². The van der Waals surface area contributed by atoms with Gasteiger partial charge in [0.05, 0.1) is 13.2 Å². The maximum atomic E-state index is 5.81. The van der Waals surface area contributed by atoms with Crippen molar-refractivity contribution in [2.24, 2.45) is 0 Å². The molecule has 0 unspecified atom stereocenters. The lowest BCUT2D eigenvalue weighted by Crippen LogP contribution is -2.16. The van der Waals surface area contributed by atoms with Crippen LogP contribution in [0.3, 0.4) is 0 Å². The van der Waals surface area contributed by atoms with Gasteiger partial charge in [0.1, 0.15) is 0 Å². The van der Waals surface area contributed by atoms with Crippen molar-refractivity contribution < 1.29 is 8.37 Å². The summed E-state index contributed by atoms with van der Waals surface area (Å²) in [6.07, 6.45) is 2.30. The highest BCUT2D eigenvalue weighted by Gasteiger charge is 2.18. The third-order valence-corrected chi connectivity index (χ3v) is 5.09. The molecule has 0 aromatic rings. The first kappa shape index (κ1) is 13.3. The molecule has 0 atom stereocenters. The van der Waals surface area contributed by atoms with Crippen LogP contribution in [0.2, 0.25) is 0 Å². The van der Waals surface area contributed by atoms with Crippen molar-refractivity contribution in [2.45, 2.75) is 40.5 Å². The summed E-state index contributed by atoms with van der Waals surface area (Å²) >= 11 is 0. The van der Waals surface area contributed by atoms with Crippen LogP contribution in [-0.2, 0) is 8.37 Å². The Morgan fingerprint density at radius 1 is 0.769 bits per heavy atom. The van der Waals surface area contributed by atoms with E-state index in [9.17, 15) is 0 Å². The molecular weight excluding hydrogens is 184 g/mol. The summed E-state index contributed by atoms with van der Waals surface area (Å²) in [5, 5.41) is 0. The zero-order chi connectivity index (χ0) is 10.2. The second-order valence-corrected chi connectivity index (χ2v) is 5.74. The Kier molecular flexibility index (Phi) is 7.81. The fraction of sp³-hybridized carbons (Fsp3) is 1.00. The van der Waals surface area contributed by atoms with E-state index >= 15 is 0 Å². The predicted molar refractivity (Wildman–Crippen MR) is 61.2 cm³/mol. The minimum atomic E-state index is -1.20. The Labute approximate surface area is 84.7 Å². The molecule has 3 heteroatoms. The monoisotopic (exact) mass is 208 g/mol. The Morgan fingerprint density at radius 2 is 1.15 bits per heavy atom.